The van der Waals surface area contributed by atoms with Crippen LogP contribution in [0.1, 0.15) is 18.1 Å². The van der Waals surface area contributed by atoms with Crippen LogP contribution in [0.25, 0.3) is 0 Å². The molecule has 88 valence electrons. The molecule has 0 aliphatic carbocycles. The number of carbonyl (C=O) groups excluding carboxylic acids is 1. The van der Waals surface area contributed by atoms with Crippen LogP contribution in [-0.4, -0.2) is 30.4 Å². The summed E-state index contributed by atoms with van der Waals surface area (Å²) in [5.74, 6) is -0.176. The number of phenols is 1. The zero-order valence-electron chi connectivity index (χ0n) is 9.14. The van der Waals surface area contributed by atoms with Crippen LogP contribution < -0.4 is 4.74 Å². The first-order chi connectivity index (χ1) is 7.58. The van der Waals surface area contributed by atoms with Crippen LogP contribution in [0.2, 0.25) is 0 Å². The number of phenolic OH excluding ortho intramolecular Hbond substituents is 1. The molecule has 0 radical (unpaired) electrons. The van der Waals surface area contributed by atoms with Crippen LogP contribution in [-0.2, 0) is 9.53 Å². The summed E-state index contributed by atoms with van der Waals surface area (Å²) in [5, 5.41) is 19.3. The Morgan fingerprint density at radius 1 is 1.44 bits per heavy atom. The number of hydrogen-bond donors (Lipinski definition) is 2. The number of aliphatic hydroxyl groups is 1. The van der Waals surface area contributed by atoms with E-state index in [1.165, 1.54) is 26.4 Å². The molecular formula is C11H14O5. The van der Waals surface area contributed by atoms with Crippen LogP contribution in [0.15, 0.2) is 18.2 Å². The number of esters is 1. The highest BCUT2D eigenvalue weighted by Gasteiger charge is 2.17. The number of rotatable bonds is 4. The molecule has 0 amide bonds. The monoisotopic (exact) mass is 226 g/mol. The lowest BCUT2D eigenvalue weighted by Crippen LogP contribution is -2.08. The number of aromatic hydroxyl groups is 1. The summed E-state index contributed by atoms with van der Waals surface area (Å²) in [5.41, 5.74) is 0.270. The Morgan fingerprint density at radius 2 is 2.12 bits per heavy atom. The van der Waals surface area contributed by atoms with Crippen molar-refractivity contribution in [1.82, 2.24) is 0 Å². The summed E-state index contributed by atoms with van der Waals surface area (Å²) in [4.78, 5) is 10.9. The average Bonchev–Trinajstić information content (AvgIpc) is 2.28. The molecule has 1 aromatic rings. The van der Waals surface area contributed by atoms with Gasteiger partial charge in [-0.25, -0.2) is 0 Å². The van der Waals surface area contributed by atoms with Gasteiger partial charge in [-0.3, -0.25) is 4.79 Å². The maximum atomic E-state index is 10.9. The van der Waals surface area contributed by atoms with Crippen molar-refractivity contribution in [1.29, 1.82) is 0 Å². The van der Waals surface area contributed by atoms with Crippen LogP contribution >= 0.6 is 0 Å². The number of ether oxygens (including phenoxy) is 2. The Bertz CT molecular complexity index is 375. The molecule has 0 aromatic heterocycles. The summed E-state index contributed by atoms with van der Waals surface area (Å²) < 4.78 is 9.32. The molecule has 5 heteroatoms. The second-order valence-electron chi connectivity index (χ2n) is 3.22. The van der Waals surface area contributed by atoms with E-state index < -0.39 is 12.1 Å². The topological polar surface area (TPSA) is 76.0 Å². The van der Waals surface area contributed by atoms with Crippen LogP contribution in [0.3, 0.4) is 0 Å². The highest BCUT2D eigenvalue weighted by molar-refractivity contribution is 5.70. The van der Waals surface area contributed by atoms with E-state index in [0.717, 1.165) is 0 Å². The SMILES string of the molecule is COC(=O)CC(O)c1ccc(OC)cc1O. The van der Waals surface area contributed by atoms with Gasteiger partial charge in [0.1, 0.15) is 11.5 Å². The van der Waals surface area contributed by atoms with E-state index in [2.05, 4.69) is 4.74 Å². The van der Waals surface area contributed by atoms with Gasteiger partial charge in [0, 0.05) is 11.6 Å². The van der Waals surface area contributed by atoms with E-state index in [1.54, 1.807) is 6.07 Å². The molecule has 1 atom stereocenters. The molecule has 0 fully saturated rings. The summed E-state index contributed by atoms with van der Waals surface area (Å²) in [6.07, 6.45) is -1.28. The minimum atomic E-state index is -1.08. The predicted molar refractivity (Wildman–Crippen MR) is 56.3 cm³/mol. The first-order valence-electron chi connectivity index (χ1n) is 4.70. The lowest BCUT2D eigenvalue weighted by atomic mass is 10.1. The van der Waals surface area contributed by atoms with Gasteiger partial charge in [0.15, 0.2) is 0 Å². The molecule has 5 nitrogen and oxygen atoms in total. The molecule has 16 heavy (non-hydrogen) atoms. The van der Waals surface area contributed by atoms with Crippen molar-refractivity contribution in [2.24, 2.45) is 0 Å². The fraction of sp³-hybridized carbons (Fsp3) is 0.364. The van der Waals surface area contributed by atoms with Crippen molar-refractivity contribution in [3.05, 3.63) is 23.8 Å². The number of methoxy groups -OCH3 is 2. The summed E-state index contributed by atoms with van der Waals surface area (Å²) in [6.45, 7) is 0. The van der Waals surface area contributed by atoms with Crippen molar-refractivity contribution in [3.8, 4) is 11.5 Å². The Kier molecular flexibility index (Phi) is 4.13. The molecule has 0 bridgehead atoms. The number of hydrogen-bond acceptors (Lipinski definition) is 5. The Balaban J connectivity index is 2.83. The van der Waals surface area contributed by atoms with Gasteiger partial charge in [0.2, 0.25) is 0 Å². The third-order valence-corrected chi connectivity index (χ3v) is 2.18. The fourth-order valence-electron chi connectivity index (χ4n) is 1.28. The van der Waals surface area contributed by atoms with Crippen LogP contribution in [0.4, 0.5) is 0 Å². The van der Waals surface area contributed by atoms with Gasteiger partial charge in [-0.15, -0.1) is 0 Å². The summed E-state index contributed by atoms with van der Waals surface area (Å²) >= 11 is 0. The van der Waals surface area contributed by atoms with Gasteiger partial charge in [0.05, 0.1) is 26.7 Å². The highest BCUT2D eigenvalue weighted by Crippen LogP contribution is 2.30. The second kappa shape index (κ2) is 5.37. The smallest absolute Gasteiger partial charge is 0.308 e. The van der Waals surface area contributed by atoms with Crippen molar-refractivity contribution in [2.45, 2.75) is 12.5 Å². The van der Waals surface area contributed by atoms with Gasteiger partial charge >= 0.3 is 5.97 Å². The first-order valence-corrected chi connectivity index (χ1v) is 4.70. The maximum Gasteiger partial charge on any atom is 0.308 e. The van der Waals surface area contributed by atoms with Crippen molar-refractivity contribution >= 4 is 5.97 Å². The average molecular weight is 226 g/mol. The fourth-order valence-corrected chi connectivity index (χ4v) is 1.28. The van der Waals surface area contributed by atoms with E-state index >= 15 is 0 Å². The summed E-state index contributed by atoms with van der Waals surface area (Å²) in [6, 6.07) is 4.47. The Morgan fingerprint density at radius 3 is 2.62 bits per heavy atom. The normalized spacial score (nSPS) is 11.9. The molecule has 2 N–H and O–H groups in total. The number of aliphatic hydroxyl groups excluding tert-OH is 1. The van der Waals surface area contributed by atoms with Gasteiger partial charge < -0.3 is 19.7 Å². The predicted octanol–water partition coefficient (Wildman–Crippen LogP) is 0.997. The molecule has 0 aliphatic heterocycles. The zero-order chi connectivity index (χ0) is 12.1. The van der Waals surface area contributed by atoms with E-state index in [0.29, 0.717) is 5.75 Å². The van der Waals surface area contributed by atoms with E-state index in [4.69, 9.17) is 4.74 Å². The standard InChI is InChI=1S/C11H14O5/c1-15-7-3-4-8(9(12)5-7)10(13)6-11(14)16-2/h3-5,10,12-13H,6H2,1-2H3. The van der Waals surface area contributed by atoms with Crippen molar-refractivity contribution in [2.75, 3.05) is 14.2 Å². The van der Waals surface area contributed by atoms with E-state index in [1.807, 2.05) is 0 Å². The van der Waals surface area contributed by atoms with Crippen molar-refractivity contribution < 1.29 is 24.5 Å². The molecule has 0 spiro atoms. The largest absolute Gasteiger partial charge is 0.507 e. The van der Waals surface area contributed by atoms with Crippen LogP contribution in [0, 0.1) is 0 Å². The lowest BCUT2D eigenvalue weighted by molar-refractivity contribution is -0.142. The zero-order valence-corrected chi connectivity index (χ0v) is 9.14. The van der Waals surface area contributed by atoms with E-state index in [9.17, 15) is 15.0 Å². The lowest BCUT2D eigenvalue weighted by Gasteiger charge is -2.12. The minimum absolute atomic E-state index is 0.115. The number of benzene rings is 1. The molecule has 1 unspecified atom stereocenters. The molecule has 1 rings (SSSR count). The first kappa shape index (κ1) is 12.3. The van der Waals surface area contributed by atoms with Gasteiger partial charge in [0.25, 0.3) is 0 Å². The summed E-state index contributed by atoms with van der Waals surface area (Å²) in [7, 11) is 2.71. The Hall–Kier alpha value is -1.75. The van der Waals surface area contributed by atoms with Crippen molar-refractivity contribution in [3.63, 3.8) is 0 Å². The molecule has 1 aromatic carbocycles. The number of carbonyl (C=O) groups is 1. The minimum Gasteiger partial charge on any atom is -0.507 e. The molecular weight excluding hydrogens is 212 g/mol. The third kappa shape index (κ3) is 2.87. The second-order valence-corrected chi connectivity index (χ2v) is 3.22. The third-order valence-electron chi connectivity index (χ3n) is 2.18. The Labute approximate surface area is 93.2 Å². The highest BCUT2D eigenvalue weighted by atomic mass is 16.5. The van der Waals surface area contributed by atoms with Crippen LogP contribution in [0.5, 0.6) is 11.5 Å². The molecule has 0 saturated heterocycles. The van der Waals surface area contributed by atoms with Gasteiger partial charge in [-0.1, -0.05) is 0 Å². The van der Waals surface area contributed by atoms with E-state index in [-0.39, 0.29) is 17.7 Å². The quantitative estimate of drug-likeness (QED) is 0.749. The molecule has 0 aliphatic rings. The van der Waals surface area contributed by atoms with Gasteiger partial charge in [-0.2, -0.15) is 0 Å². The maximum absolute atomic E-state index is 10.9. The van der Waals surface area contributed by atoms with Gasteiger partial charge in [-0.05, 0) is 12.1 Å². The molecule has 0 heterocycles. The molecule has 0 saturated carbocycles.